The van der Waals surface area contributed by atoms with E-state index in [2.05, 4.69) is 28.8 Å². The van der Waals surface area contributed by atoms with Gasteiger partial charge < -0.3 is 15.0 Å². The second-order valence-corrected chi connectivity index (χ2v) is 8.77. The lowest BCUT2D eigenvalue weighted by Crippen LogP contribution is -2.37. The van der Waals surface area contributed by atoms with Crippen LogP contribution in [0.1, 0.15) is 43.5 Å². The van der Waals surface area contributed by atoms with Gasteiger partial charge in [-0.15, -0.1) is 0 Å². The fourth-order valence-electron chi connectivity index (χ4n) is 2.86. The molecule has 7 nitrogen and oxygen atoms in total. The van der Waals surface area contributed by atoms with E-state index in [1.807, 2.05) is 7.05 Å². The van der Waals surface area contributed by atoms with Gasteiger partial charge in [-0.05, 0) is 57.5 Å². The van der Waals surface area contributed by atoms with Crippen LogP contribution in [0, 0.1) is 0 Å². The number of carbonyl (C=O) groups is 1. The Hall–Kier alpha value is -1.48. The smallest absolute Gasteiger partial charge is 0.251 e. The summed E-state index contributed by atoms with van der Waals surface area (Å²) >= 11 is 0. The minimum atomic E-state index is -3.60. The van der Waals surface area contributed by atoms with Crippen molar-refractivity contribution in [1.82, 2.24) is 14.9 Å². The molecule has 2 atom stereocenters. The van der Waals surface area contributed by atoms with E-state index in [4.69, 9.17) is 4.74 Å². The predicted octanol–water partition coefficient (Wildman–Crippen LogP) is 1.60. The number of ether oxygens (including phenoxy) is 1. The predicted molar refractivity (Wildman–Crippen MR) is 105 cm³/mol. The van der Waals surface area contributed by atoms with Gasteiger partial charge >= 0.3 is 0 Å². The molecule has 8 heteroatoms. The number of hydrogen-bond donors (Lipinski definition) is 2. The van der Waals surface area contributed by atoms with Crippen molar-refractivity contribution in [3.05, 3.63) is 29.8 Å². The van der Waals surface area contributed by atoms with E-state index in [1.165, 1.54) is 24.3 Å². The average Bonchev–Trinajstić information content (AvgIpc) is 3.19. The molecule has 27 heavy (non-hydrogen) atoms. The van der Waals surface area contributed by atoms with Crippen molar-refractivity contribution in [3.63, 3.8) is 0 Å². The van der Waals surface area contributed by atoms with Crippen LogP contribution in [0.15, 0.2) is 29.2 Å². The Labute approximate surface area is 162 Å². The molecule has 0 aliphatic carbocycles. The lowest BCUT2D eigenvalue weighted by atomic mass is 10.2. The summed E-state index contributed by atoms with van der Waals surface area (Å²) in [5.41, 5.74) is 0.444. The second kappa shape index (κ2) is 10.2. The van der Waals surface area contributed by atoms with E-state index < -0.39 is 10.0 Å². The molecule has 1 aromatic carbocycles. The van der Waals surface area contributed by atoms with Crippen LogP contribution in [0.4, 0.5) is 0 Å². The molecule has 0 unspecified atom stereocenters. The number of benzene rings is 1. The van der Waals surface area contributed by atoms with Gasteiger partial charge in [0, 0.05) is 37.8 Å². The molecule has 1 amide bonds. The molecule has 0 saturated carbocycles. The number of amides is 1. The third-order valence-corrected chi connectivity index (χ3v) is 6.48. The van der Waals surface area contributed by atoms with E-state index in [0.29, 0.717) is 24.8 Å². The van der Waals surface area contributed by atoms with Gasteiger partial charge in [0.1, 0.15) is 0 Å². The van der Waals surface area contributed by atoms with Gasteiger partial charge in [0.05, 0.1) is 11.0 Å². The first-order valence-electron chi connectivity index (χ1n) is 9.53. The first kappa shape index (κ1) is 21.8. The minimum absolute atomic E-state index is 0.0571. The van der Waals surface area contributed by atoms with Crippen molar-refractivity contribution in [2.24, 2.45) is 0 Å². The molecule has 0 bridgehead atoms. The molecule has 0 spiro atoms. The van der Waals surface area contributed by atoms with E-state index in [-0.39, 0.29) is 23.5 Å². The maximum Gasteiger partial charge on any atom is 0.251 e. The molecule has 0 aromatic heterocycles. The zero-order valence-electron chi connectivity index (χ0n) is 16.4. The number of sulfonamides is 1. The zero-order valence-corrected chi connectivity index (χ0v) is 17.2. The van der Waals surface area contributed by atoms with Crippen LogP contribution in [-0.2, 0) is 14.8 Å². The summed E-state index contributed by atoms with van der Waals surface area (Å²) in [6.07, 6.45) is 2.83. The van der Waals surface area contributed by atoms with Crippen LogP contribution >= 0.6 is 0 Å². The molecular weight excluding hydrogens is 366 g/mol. The van der Waals surface area contributed by atoms with Crippen LogP contribution in [-0.4, -0.2) is 64.7 Å². The first-order valence-corrected chi connectivity index (χ1v) is 11.0. The van der Waals surface area contributed by atoms with Crippen LogP contribution in [0.5, 0.6) is 0 Å². The van der Waals surface area contributed by atoms with Crippen LogP contribution in [0.3, 0.4) is 0 Å². The Morgan fingerprint density at radius 2 is 2.04 bits per heavy atom. The zero-order chi connectivity index (χ0) is 19.9. The van der Waals surface area contributed by atoms with Gasteiger partial charge in [-0.2, -0.15) is 0 Å². The highest BCUT2D eigenvalue weighted by Crippen LogP contribution is 2.14. The van der Waals surface area contributed by atoms with E-state index in [0.717, 1.165) is 25.8 Å². The van der Waals surface area contributed by atoms with Crippen LogP contribution in [0.2, 0.25) is 0 Å². The van der Waals surface area contributed by atoms with Crippen molar-refractivity contribution in [1.29, 1.82) is 0 Å². The van der Waals surface area contributed by atoms with Crippen molar-refractivity contribution in [3.8, 4) is 0 Å². The number of carbonyl (C=O) groups excluding carboxylic acids is 1. The molecule has 1 fully saturated rings. The molecule has 2 N–H and O–H groups in total. The summed E-state index contributed by atoms with van der Waals surface area (Å²) in [4.78, 5) is 14.6. The fourth-order valence-corrected chi connectivity index (χ4v) is 3.92. The topological polar surface area (TPSA) is 87.7 Å². The number of likely N-dealkylation sites (N-methyl/N-ethyl adjacent to an activating group) is 1. The maximum atomic E-state index is 12.3. The molecule has 1 aromatic rings. The number of hydrogen-bond acceptors (Lipinski definition) is 5. The average molecular weight is 398 g/mol. The third-order valence-electron chi connectivity index (χ3n) is 5.05. The molecule has 152 valence electrons. The lowest BCUT2D eigenvalue weighted by molar-refractivity contribution is 0.0947. The number of rotatable bonds is 10. The Morgan fingerprint density at radius 1 is 1.33 bits per heavy atom. The third kappa shape index (κ3) is 6.57. The highest BCUT2D eigenvalue weighted by Gasteiger charge is 2.20. The van der Waals surface area contributed by atoms with Crippen molar-refractivity contribution < 1.29 is 17.9 Å². The molecule has 1 aliphatic rings. The van der Waals surface area contributed by atoms with E-state index in [1.54, 1.807) is 0 Å². The fraction of sp³-hybridized carbons (Fsp3) is 0.632. The van der Waals surface area contributed by atoms with Crippen LogP contribution < -0.4 is 10.0 Å². The number of nitrogens with one attached hydrogen (secondary N) is 2. The maximum absolute atomic E-state index is 12.3. The normalized spacial score (nSPS) is 18.6. The molecular formula is C19H31N3O4S. The highest BCUT2D eigenvalue weighted by atomic mass is 32.2. The van der Waals surface area contributed by atoms with Gasteiger partial charge in [-0.3, -0.25) is 4.79 Å². The quantitative estimate of drug-likeness (QED) is 0.626. The second-order valence-electron chi connectivity index (χ2n) is 7.01. The van der Waals surface area contributed by atoms with Crippen molar-refractivity contribution in [2.75, 3.05) is 33.3 Å². The van der Waals surface area contributed by atoms with Crippen molar-refractivity contribution >= 4 is 15.9 Å². The summed E-state index contributed by atoms with van der Waals surface area (Å²) < 4.78 is 32.7. The SMILES string of the molecule is CC[C@H](C)N(C)CCNC(=O)c1ccc(S(=O)(=O)NC[C@H]2CCCO2)cc1. The highest BCUT2D eigenvalue weighted by molar-refractivity contribution is 7.89. The minimum Gasteiger partial charge on any atom is -0.377 e. The molecule has 1 saturated heterocycles. The Balaban J connectivity index is 1.85. The molecule has 0 radical (unpaired) electrons. The summed E-state index contributed by atoms with van der Waals surface area (Å²) in [5.74, 6) is -0.205. The van der Waals surface area contributed by atoms with Gasteiger partial charge in [-0.1, -0.05) is 6.92 Å². The van der Waals surface area contributed by atoms with E-state index in [9.17, 15) is 13.2 Å². The largest absolute Gasteiger partial charge is 0.377 e. The summed E-state index contributed by atoms with van der Waals surface area (Å²) in [6.45, 7) is 6.54. The van der Waals surface area contributed by atoms with Gasteiger partial charge in [0.15, 0.2) is 0 Å². The van der Waals surface area contributed by atoms with Gasteiger partial charge in [-0.25, -0.2) is 13.1 Å². The standard InChI is InChI=1S/C19H31N3O4S/c1-4-15(2)22(3)12-11-20-19(23)16-7-9-18(10-8-16)27(24,25)21-14-17-6-5-13-26-17/h7-10,15,17,21H,4-6,11-14H2,1-3H3,(H,20,23)/t15-,17+/m0/s1. The van der Waals surface area contributed by atoms with Crippen LogP contribution in [0.25, 0.3) is 0 Å². The van der Waals surface area contributed by atoms with Gasteiger partial charge in [0.2, 0.25) is 10.0 Å². The van der Waals surface area contributed by atoms with E-state index >= 15 is 0 Å². The monoisotopic (exact) mass is 397 g/mol. The summed E-state index contributed by atoms with van der Waals surface area (Å²) in [7, 11) is -1.57. The summed E-state index contributed by atoms with van der Waals surface area (Å²) in [5, 5.41) is 2.87. The molecule has 1 aliphatic heterocycles. The number of nitrogens with zero attached hydrogens (tertiary/aromatic N) is 1. The summed E-state index contributed by atoms with van der Waals surface area (Å²) in [6, 6.07) is 6.45. The van der Waals surface area contributed by atoms with Gasteiger partial charge in [0.25, 0.3) is 5.91 Å². The van der Waals surface area contributed by atoms with Crippen molar-refractivity contribution in [2.45, 2.75) is 50.2 Å². The molecule has 1 heterocycles. The Kier molecular flexibility index (Phi) is 8.22. The lowest BCUT2D eigenvalue weighted by Gasteiger charge is -2.23. The Bertz CT molecular complexity index is 700. The Morgan fingerprint density at radius 3 is 2.63 bits per heavy atom. The molecule has 2 rings (SSSR count). The first-order chi connectivity index (χ1) is 12.8.